The molecular formula is C21H27Cl3N2O2. The largest absolute Gasteiger partial charge is 0.506 e. The Morgan fingerprint density at radius 3 is 2.46 bits per heavy atom. The van der Waals surface area contributed by atoms with Gasteiger partial charge in [0.1, 0.15) is 11.5 Å². The van der Waals surface area contributed by atoms with Gasteiger partial charge >= 0.3 is 0 Å². The van der Waals surface area contributed by atoms with E-state index in [1.54, 1.807) is 13.2 Å². The molecule has 4 rings (SSSR count). The third-order valence-electron chi connectivity index (χ3n) is 5.88. The number of benzene rings is 2. The fourth-order valence-corrected chi connectivity index (χ4v) is 4.90. The summed E-state index contributed by atoms with van der Waals surface area (Å²) in [6, 6.07) is 14.4. The topological polar surface area (TPSA) is 35.9 Å². The minimum absolute atomic E-state index is 0. The summed E-state index contributed by atoms with van der Waals surface area (Å²) in [7, 11) is 3.93. The van der Waals surface area contributed by atoms with Gasteiger partial charge in [-0.15, -0.1) is 24.8 Å². The van der Waals surface area contributed by atoms with Crippen LogP contribution in [-0.4, -0.2) is 48.7 Å². The second-order valence-electron chi connectivity index (χ2n) is 7.53. The third-order valence-corrected chi connectivity index (χ3v) is 6.32. The molecular weight excluding hydrogens is 419 g/mol. The fraction of sp³-hybridized carbons (Fsp3) is 0.429. The zero-order valence-corrected chi connectivity index (χ0v) is 18.4. The van der Waals surface area contributed by atoms with Gasteiger partial charge in [0.15, 0.2) is 0 Å². The van der Waals surface area contributed by atoms with E-state index in [0.717, 1.165) is 37.5 Å². The van der Waals surface area contributed by atoms with E-state index in [1.807, 2.05) is 12.1 Å². The Labute approximate surface area is 184 Å². The van der Waals surface area contributed by atoms with Gasteiger partial charge in [0, 0.05) is 32.2 Å². The lowest BCUT2D eigenvalue weighted by molar-refractivity contribution is 0.224. The maximum atomic E-state index is 9.84. The number of aromatic hydroxyl groups is 1. The Hall–Kier alpha value is -1.17. The number of methoxy groups -OCH3 is 1. The Morgan fingerprint density at radius 2 is 1.79 bits per heavy atom. The maximum Gasteiger partial charge on any atom is 0.134 e. The molecule has 2 aliphatic rings. The standard InChI is InChI=1S/C21H25ClN2O2.2ClH/c1-23-10-16-12-24(11-15-4-3-5-19(25)20(15)22)13-18(16)21(23)14-6-8-17(26-2)9-7-14;;/h3-9,16,18,21,25H,10-13H2,1-2H3;2*1H/t16-,18+,21-;;/m0../s1. The number of fused-ring (bicyclic) bond motifs is 1. The van der Waals surface area contributed by atoms with Crippen molar-refractivity contribution in [1.82, 2.24) is 9.80 Å². The van der Waals surface area contributed by atoms with Gasteiger partial charge in [-0.05, 0) is 48.2 Å². The molecule has 2 aromatic rings. The first-order valence-corrected chi connectivity index (χ1v) is 9.47. The van der Waals surface area contributed by atoms with Gasteiger partial charge in [-0.3, -0.25) is 9.80 Å². The predicted octanol–water partition coefficient (Wildman–Crippen LogP) is 4.63. The average molecular weight is 446 g/mol. The maximum absolute atomic E-state index is 9.84. The van der Waals surface area contributed by atoms with Crippen molar-refractivity contribution < 1.29 is 9.84 Å². The molecule has 0 unspecified atom stereocenters. The third kappa shape index (κ3) is 4.37. The molecule has 0 spiro atoms. The highest BCUT2D eigenvalue weighted by atomic mass is 35.5. The van der Waals surface area contributed by atoms with Gasteiger partial charge in [-0.1, -0.05) is 35.9 Å². The van der Waals surface area contributed by atoms with Crippen molar-refractivity contribution in [2.75, 3.05) is 33.8 Å². The first kappa shape index (κ1) is 23.1. The summed E-state index contributed by atoms with van der Waals surface area (Å²) in [6.07, 6.45) is 0. The Kier molecular flexibility index (Phi) is 7.89. The molecule has 3 atom stereocenters. The molecule has 1 N–H and O–H groups in total. The number of halogens is 3. The van der Waals surface area contributed by atoms with E-state index in [1.165, 1.54) is 5.56 Å². The van der Waals surface area contributed by atoms with Gasteiger partial charge < -0.3 is 9.84 Å². The van der Waals surface area contributed by atoms with E-state index in [2.05, 4.69) is 41.1 Å². The molecule has 0 bridgehead atoms. The summed E-state index contributed by atoms with van der Waals surface area (Å²) < 4.78 is 5.29. The molecule has 0 aromatic heterocycles. The van der Waals surface area contributed by atoms with E-state index in [9.17, 15) is 5.11 Å². The zero-order valence-electron chi connectivity index (χ0n) is 16.0. The lowest BCUT2D eigenvalue weighted by Gasteiger charge is -2.27. The number of ether oxygens (including phenoxy) is 1. The highest BCUT2D eigenvalue weighted by Crippen LogP contribution is 2.44. The van der Waals surface area contributed by atoms with Crippen molar-refractivity contribution in [3.63, 3.8) is 0 Å². The van der Waals surface area contributed by atoms with Crippen LogP contribution >= 0.6 is 36.4 Å². The summed E-state index contributed by atoms with van der Waals surface area (Å²) >= 11 is 6.27. The quantitative estimate of drug-likeness (QED) is 0.744. The molecule has 0 saturated carbocycles. The Bertz CT molecular complexity index is 788. The van der Waals surface area contributed by atoms with Crippen molar-refractivity contribution >= 4 is 36.4 Å². The molecule has 154 valence electrons. The van der Waals surface area contributed by atoms with E-state index in [-0.39, 0.29) is 30.6 Å². The number of hydrogen-bond acceptors (Lipinski definition) is 4. The lowest BCUT2D eigenvalue weighted by Crippen LogP contribution is -2.29. The number of likely N-dealkylation sites (tertiary alicyclic amines) is 2. The number of phenols is 1. The number of hydrogen-bond donors (Lipinski definition) is 1. The van der Waals surface area contributed by atoms with Crippen molar-refractivity contribution in [3.8, 4) is 11.5 Å². The zero-order chi connectivity index (χ0) is 18.3. The molecule has 0 radical (unpaired) electrons. The molecule has 2 fully saturated rings. The monoisotopic (exact) mass is 444 g/mol. The van der Waals surface area contributed by atoms with Crippen LogP contribution in [0.5, 0.6) is 11.5 Å². The summed E-state index contributed by atoms with van der Waals surface area (Å²) in [6.45, 7) is 4.04. The van der Waals surface area contributed by atoms with Gasteiger partial charge in [0.25, 0.3) is 0 Å². The van der Waals surface area contributed by atoms with Gasteiger partial charge in [0.2, 0.25) is 0 Å². The molecule has 4 nitrogen and oxygen atoms in total. The molecule has 28 heavy (non-hydrogen) atoms. The molecule has 2 aliphatic heterocycles. The van der Waals surface area contributed by atoms with Crippen LogP contribution < -0.4 is 4.74 Å². The molecule has 2 aromatic carbocycles. The summed E-state index contributed by atoms with van der Waals surface area (Å²) in [5, 5.41) is 10.3. The van der Waals surface area contributed by atoms with Gasteiger partial charge in [-0.25, -0.2) is 0 Å². The molecule has 2 heterocycles. The first-order valence-electron chi connectivity index (χ1n) is 9.09. The number of phenolic OH excluding ortho intramolecular Hbond substituents is 1. The van der Waals surface area contributed by atoms with Gasteiger partial charge in [0.05, 0.1) is 12.1 Å². The molecule has 2 saturated heterocycles. The smallest absolute Gasteiger partial charge is 0.134 e. The highest BCUT2D eigenvalue weighted by Gasteiger charge is 2.45. The number of rotatable bonds is 4. The molecule has 0 aliphatic carbocycles. The SMILES string of the molecule is COc1ccc([C@H]2[C@@H]3CN(Cc4cccc(O)c4Cl)C[C@@H]3CN2C)cc1.Cl.Cl. The fourth-order valence-electron chi connectivity index (χ4n) is 4.71. The molecule has 0 amide bonds. The second-order valence-corrected chi connectivity index (χ2v) is 7.90. The summed E-state index contributed by atoms with van der Waals surface area (Å²) in [5.74, 6) is 2.35. The van der Waals surface area contributed by atoms with Crippen LogP contribution in [0.25, 0.3) is 0 Å². The summed E-state index contributed by atoms with van der Waals surface area (Å²) in [5.41, 5.74) is 2.36. The highest BCUT2D eigenvalue weighted by molar-refractivity contribution is 6.32. The van der Waals surface area contributed by atoms with E-state index in [0.29, 0.717) is 22.9 Å². The van der Waals surface area contributed by atoms with E-state index in [4.69, 9.17) is 16.3 Å². The van der Waals surface area contributed by atoms with Crippen molar-refractivity contribution in [3.05, 3.63) is 58.6 Å². The van der Waals surface area contributed by atoms with E-state index < -0.39 is 0 Å². The van der Waals surface area contributed by atoms with Crippen LogP contribution in [0.1, 0.15) is 17.2 Å². The Morgan fingerprint density at radius 1 is 1.07 bits per heavy atom. The van der Waals surface area contributed by atoms with Crippen LogP contribution in [0.3, 0.4) is 0 Å². The van der Waals surface area contributed by atoms with Gasteiger partial charge in [-0.2, -0.15) is 0 Å². The first-order chi connectivity index (χ1) is 12.6. The second kappa shape index (κ2) is 9.55. The summed E-state index contributed by atoms with van der Waals surface area (Å²) in [4.78, 5) is 4.95. The van der Waals surface area contributed by atoms with Crippen LogP contribution in [-0.2, 0) is 6.54 Å². The lowest BCUT2D eigenvalue weighted by atomic mass is 9.89. The van der Waals surface area contributed by atoms with Crippen molar-refractivity contribution in [2.24, 2.45) is 11.8 Å². The number of nitrogens with zero attached hydrogens (tertiary/aromatic N) is 2. The Balaban J connectivity index is 0.00000140. The average Bonchev–Trinajstić information content (AvgIpc) is 3.15. The van der Waals surface area contributed by atoms with Crippen LogP contribution in [0.2, 0.25) is 5.02 Å². The molecule has 7 heteroatoms. The van der Waals surface area contributed by atoms with Crippen molar-refractivity contribution in [1.29, 1.82) is 0 Å². The predicted molar refractivity (Wildman–Crippen MR) is 118 cm³/mol. The van der Waals surface area contributed by atoms with Crippen LogP contribution in [0.4, 0.5) is 0 Å². The minimum atomic E-state index is 0. The van der Waals surface area contributed by atoms with E-state index >= 15 is 0 Å². The van der Waals surface area contributed by atoms with Crippen LogP contribution in [0.15, 0.2) is 42.5 Å². The minimum Gasteiger partial charge on any atom is -0.506 e. The normalized spacial score (nSPS) is 24.3. The van der Waals surface area contributed by atoms with Crippen molar-refractivity contribution in [2.45, 2.75) is 12.6 Å². The van der Waals surface area contributed by atoms with Crippen LogP contribution in [0, 0.1) is 11.8 Å².